The first kappa shape index (κ1) is 26.4. The van der Waals surface area contributed by atoms with Gasteiger partial charge in [0.2, 0.25) is 5.91 Å². The van der Waals surface area contributed by atoms with Crippen molar-refractivity contribution in [3.63, 3.8) is 0 Å². The average molecular weight is 491 g/mol. The highest BCUT2D eigenvalue weighted by atomic mass is 16.5. The molecule has 1 heterocycles. The van der Waals surface area contributed by atoms with E-state index in [-0.39, 0.29) is 11.3 Å². The molecule has 2 aromatic rings. The van der Waals surface area contributed by atoms with Crippen molar-refractivity contribution in [3.8, 4) is 16.9 Å². The molecule has 1 aliphatic heterocycles. The third kappa shape index (κ3) is 6.77. The summed E-state index contributed by atoms with van der Waals surface area (Å²) in [5.41, 5.74) is 10.7. The van der Waals surface area contributed by atoms with E-state index in [1.165, 1.54) is 18.4 Å². The first-order chi connectivity index (χ1) is 17.5. The summed E-state index contributed by atoms with van der Waals surface area (Å²) in [6, 6.07) is 15.0. The maximum absolute atomic E-state index is 12.5. The molecule has 1 amide bonds. The second-order valence-electron chi connectivity index (χ2n) is 10.7. The Morgan fingerprint density at radius 2 is 1.86 bits per heavy atom. The molecule has 0 saturated carbocycles. The Labute approximate surface area is 216 Å². The van der Waals surface area contributed by atoms with Gasteiger partial charge in [-0.15, -0.1) is 0 Å². The number of allylic oxidation sites excluding steroid dienone is 2. The minimum absolute atomic E-state index is 0.0209. The normalized spacial score (nSPS) is 16.5. The van der Waals surface area contributed by atoms with Gasteiger partial charge in [-0.3, -0.25) is 4.79 Å². The van der Waals surface area contributed by atoms with Gasteiger partial charge in [0.25, 0.3) is 0 Å². The molecule has 0 aromatic heterocycles. The molecule has 0 atom stereocenters. The van der Waals surface area contributed by atoms with E-state index >= 15 is 0 Å². The van der Waals surface area contributed by atoms with Crippen LogP contribution in [0.25, 0.3) is 11.1 Å². The summed E-state index contributed by atoms with van der Waals surface area (Å²) < 4.78 is 11.9. The molecule has 0 radical (unpaired) electrons. The molecule has 5 heteroatoms. The fraction of sp³-hybridized carbons (Fsp3) is 0.516. The van der Waals surface area contributed by atoms with Gasteiger partial charge < -0.3 is 20.1 Å². The highest BCUT2D eigenvalue weighted by Gasteiger charge is 2.24. The zero-order chi connectivity index (χ0) is 25.4. The number of ether oxygens (including phenoxy) is 2. The van der Waals surface area contributed by atoms with E-state index in [0.29, 0.717) is 26.2 Å². The van der Waals surface area contributed by atoms with Gasteiger partial charge in [-0.1, -0.05) is 56.7 Å². The smallest absolute Gasteiger partial charge is 0.222 e. The molecule has 1 fully saturated rings. The quantitative estimate of drug-likeness (QED) is 0.394. The predicted molar refractivity (Wildman–Crippen MR) is 146 cm³/mol. The van der Waals surface area contributed by atoms with Crippen molar-refractivity contribution in [2.24, 2.45) is 5.73 Å². The van der Waals surface area contributed by atoms with Crippen LogP contribution in [0.1, 0.15) is 76.3 Å². The summed E-state index contributed by atoms with van der Waals surface area (Å²) >= 11 is 0. The Morgan fingerprint density at radius 1 is 1.06 bits per heavy atom. The van der Waals surface area contributed by atoms with Crippen LogP contribution in [0, 0.1) is 0 Å². The summed E-state index contributed by atoms with van der Waals surface area (Å²) in [5.74, 6) is 2.25. The zero-order valence-corrected chi connectivity index (χ0v) is 22.1. The number of carbonyl (C=O) groups is 1. The van der Waals surface area contributed by atoms with Crippen molar-refractivity contribution in [1.29, 1.82) is 0 Å². The van der Waals surface area contributed by atoms with Gasteiger partial charge in [0.05, 0.1) is 13.2 Å². The molecule has 194 valence electrons. The minimum atomic E-state index is -0.0209. The Hall–Kier alpha value is -2.63. The summed E-state index contributed by atoms with van der Waals surface area (Å²) in [6.45, 7) is 7.85. The number of carbonyl (C=O) groups excluding carboxylic acids is 1. The van der Waals surface area contributed by atoms with Crippen LogP contribution in [0.2, 0.25) is 0 Å². The minimum Gasteiger partial charge on any atom is -0.461 e. The molecule has 2 N–H and O–H groups in total. The van der Waals surface area contributed by atoms with Crippen LogP contribution in [0.3, 0.4) is 0 Å². The maximum atomic E-state index is 12.5. The standard InChI is InChI=1S/C31H42N2O3/c1-31(2,17-9-8-14-30(34)33-18-20-35-21-19-33)25-15-16-28(27-13-7-6-10-24(27)23-32)29(22-25)36-26-11-4-3-5-12-26/h6-7,10-11,13,15-16,22H,3-5,8-9,12,14,17-21,23,32H2,1-2H3. The van der Waals surface area contributed by atoms with Crippen LogP contribution in [0.15, 0.2) is 54.3 Å². The first-order valence-electron chi connectivity index (χ1n) is 13.6. The Kier molecular flexibility index (Phi) is 9.22. The molecule has 36 heavy (non-hydrogen) atoms. The fourth-order valence-electron chi connectivity index (χ4n) is 5.21. The summed E-state index contributed by atoms with van der Waals surface area (Å²) in [5, 5.41) is 0. The number of nitrogens with two attached hydrogens (primary N) is 1. The lowest BCUT2D eigenvalue weighted by Crippen LogP contribution is -2.40. The maximum Gasteiger partial charge on any atom is 0.222 e. The molecule has 4 rings (SSSR count). The summed E-state index contributed by atoms with van der Waals surface area (Å²) in [4.78, 5) is 14.4. The number of rotatable bonds is 10. The predicted octanol–water partition coefficient (Wildman–Crippen LogP) is 6.35. The van der Waals surface area contributed by atoms with Crippen LogP contribution in [0.4, 0.5) is 0 Å². The fourth-order valence-corrected chi connectivity index (χ4v) is 5.21. The van der Waals surface area contributed by atoms with E-state index < -0.39 is 0 Å². The monoisotopic (exact) mass is 490 g/mol. The number of morpholine rings is 1. The average Bonchev–Trinajstić information content (AvgIpc) is 2.92. The molecule has 0 unspecified atom stereocenters. The Bertz CT molecular complexity index is 1050. The molecular formula is C31H42N2O3. The van der Waals surface area contributed by atoms with Gasteiger partial charge in [-0.25, -0.2) is 0 Å². The SMILES string of the molecule is CC(C)(CCCCC(=O)N1CCOCC1)c1ccc(-c2ccccc2CN)c(OC2=CCCCC2)c1. The van der Waals surface area contributed by atoms with E-state index in [4.69, 9.17) is 15.2 Å². The molecular weight excluding hydrogens is 448 g/mol. The van der Waals surface area contributed by atoms with Crippen molar-refractivity contribution in [2.75, 3.05) is 26.3 Å². The number of nitrogens with zero attached hydrogens (tertiary/aromatic N) is 1. The molecule has 5 nitrogen and oxygen atoms in total. The van der Waals surface area contributed by atoms with Crippen molar-refractivity contribution >= 4 is 5.91 Å². The number of hydrogen-bond acceptors (Lipinski definition) is 4. The molecule has 1 aliphatic carbocycles. The third-order valence-electron chi connectivity index (χ3n) is 7.59. The van der Waals surface area contributed by atoms with Gasteiger partial charge >= 0.3 is 0 Å². The Morgan fingerprint density at radius 3 is 2.61 bits per heavy atom. The van der Waals surface area contributed by atoms with Gasteiger partial charge in [0.15, 0.2) is 0 Å². The lowest BCUT2D eigenvalue weighted by Gasteiger charge is -2.28. The lowest BCUT2D eigenvalue weighted by atomic mass is 9.79. The lowest BCUT2D eigenvalue weighted by molar-refractivity contribution is -0.135. The highest BCUT2D eigenvalue weighted by molar-refractivity contribution is 5.76. The van der Waals surface area contributed by atoms with E-state index in [9.17, 15) is 4.79 Å². The Balaban J connectivity index is 1.48. The summed E-state index contributed by atoms with van der Waals surface area (Å²) in [6.07, 6.45) is 10.3. The van der Waals surface area contributed by atoms with E-state index in [0.717, 1.165) is 73.4 Å². The number of hydrogen-bond donors (Lipinski definition) is 1. The van der Waals surface area contributed by atoms with E-state index in [2.05, 4.69) is 56.3 Å². The molecule has 2 aromatic carbocycles. The second-order valence-corrected chi connectivity index (χ2v) is 10.7. The van der Waals surface area contributed by atoms with Gasteiger partial charge in [0, 0.05) is 38.0 Å². The van der Waals surface area contributed by atoms with Gasteiger partial charge in [0.1, 0.15) is 11.5 Å². The number of amides is 1. The van der Waals surface area contributed by atoms with Crippen LogP contribution in [-0.4, -0.2) is 37.1 Å². The number of benzene rings is 2. The van der Waals surface area contributed by atoms with Crippen molar-refractivity contribution < 1.29 is 14.3 Å². The van der Waals surface area contributed by atoms with Gasteiger partial charge in [-0.2, -0.15) is 0 Å². The molecule has 1 saturated heterocycles. The molecule has 2 aliphatic rings. The van der Waals surface area contributed by atoms with Crippen molar-refractivity contribution in [2.45, 2.75) is 77.2 Å². The third-order valence-corrected chi connectivity index (χ3v) is 7.59. The van der Waals surface area contributed by atoms with Crippen LogP contribution >= 0.6 is 0 Å². The topological polar surface area (TPSA) is 64.8 Å². The summed E-state index contributed by atoms with van der Waals surface area (Å²) in [7, 11) is 0. The zero-order valence-electron chi connectivity index (χ0n) is 22.1. The van der Waals surface area contributed by atoms with Gasteiger partial charge in [-0.05, 0) is 66.4 Å². The van der Waals surface area contributed by atoms with Crippen LogP contribution < -0.4 is 10.5 Å². The highest BCUT2D eigenvalue weighted by Crippen LogP contribution is 2.39. The van der Waals surface area contributed by atoms with Crippen LogP contribution in [-0.2, 0) is 21.5 Å². The number of unbranched alkanes of at least 4 members (excludes halogenated alkanes) is 1. The largest absolute Gasteiger partial charge is 0.461 e. The van der Waals surface area contributed by atoms with E-state index in [1.807, 2.05) is 11.0 Å². The molecule has 0 bridgehead atoms. The molecule has 0 spiro atoms. The van der Waals surface area contributed by atoms with Crippen molar-refractivity contribution in [3.05, 3.63) is 65.4 Å². The van der Waals surface area contributed by atoms with Crippen LogP contribution in [0.5, 0.6) is 5.75 Å². The van der Waals surface area contributed by atoms with Crippen molar-refractivity contribution in [1.82, 2.24) is 4.90 Å². The second kappa shape index (κ2) is 12.6. The van der Waals surface area contributed by atoms with E-state index in [1.54, 1.807) is 0 Å². The first-order valence-corrected chi connectivity index (χ1v) is 13.6.